The predicted octanol–water partition coefficient (Wildman–Crippen LogP) is 4.13. The predicted molar refractivity (Wildman–Crippen MR) is 123 cm³/mol. The van der Waals surface area contributed by atoms with Crippen molar-refractivity contribution < 1.29 is 9.90 Å². The maximum atomic E-state index is 13.7. The van der Waals surface area contributed by atoms with Crippen LogP contribution in [0.3, 0.4) is 0 Å². The number of aromatic nitrogens is 2. The van der Waals surface area contributed by atoms with Crippen LogP contribution in [0.25, 0.3) is 10.8 Å². The Labute approximate surface area is 185 Å². The first-order valence-electron chi connectivity index (χ1n) is 10.8. The summed E-state index contributed by atoms with van der Waals surface area (Å²) in [6.07, 6.45) is 1.73. The molecule has 0 spiro atoms. The number of benzene rings is 3. The Hall–Kier alpha value is -3.93. The number of nitrogens with zero attached hydrogens (tertiary/aromatic N) is 3. The number of carbonyl (C=O) groups is 1. The summed E-state index contributed by atoms with van der Waals surface area (Å²) in [6.45, 7) is 0.921. The standard InChI is InChI=1S/C26H23N3O3/c30-20-14-12-19(13-15-20)23-11-6-16-28(23)26(32)24-21-9-4-5-10-22(21)25(31)29(27-24)17-18-7-2-1-3-8-18/h1-5,7-10,12-15,23,30H,6,11,16-17H2/t23-/m1/s1. The summed E-state index contributed by atoms with van der Waals surface area (Å²) in [5, 5.41) is 15.2. The SMILES string of the molecule is O=C(c1nn(Cc2ccccc2)c(=O)c2ccccc12)N1CCC[C@@H]1c1ccc(O)cc1. The number of phenolic OH excluding ortho intramolecular Hbond substituents is 1. The molecule has 0 aliphatic carbocycles. The van der Waals surface area contributed by atoms with Crippen LogP contribution in [0.15, 0.2) is 83.7 Å². The third kappa shape index (κ3) is 3.64. The number of amides is 1. The third-order valence-electron chi connectivity index (χ3n) is 6.04. The summed E-state index contributed by atoms with van der Waals surface area (Å²) < 4.78 is 1.39. The van der Waals surface area contributed by atoms with Crippen LogP contribution in [0.2, 0.25) is 0 Å². The second-order valence-corrected chi connectivity index (χ2v) is 8.09. The molecule has 0 bridgehead atoms. The maximum Gasteiger partial charge on any atom is 0.275 e. The summed E-state index contributed by atoms with van der Waals surface area (Å²) in [7, 11) is 0. The Morgan fingerprint density at radius 1 is 0.938 bits per heavy atom. The number of aromatic hydroxyl groups is 1. The number of hydrogen-bond acceptors (Lipinski definition) is 4. The average molecular weight is 425 g/mol. The molecule has 1 N–H and O–H groups in total. The molecule has 1 aromatic heterocycles. The molecular formula is C26H23N3O3. The fourth-order valence-electron chi connectivity index (χ4n) is 4.45. The molecule has 1 fully saturated rings. The van der Waals surface area contributed by atoms with E-state index in [1.165, 1.54) is 4.68 Å². The van der Waals surface area contributed by atoms with Gasteiger partial charge in [-0.3, -0.25) is 9.59 Å². The van der Waals surface area contributed by atoms with E-state index in [4.69, 9.17) is 0 Å². The Bertz CT molecular complexity index is 1330. The van der Waals surface area contributed by atoms with Crippen molar-refractivity contribution in [2.45, 2.75) is 25.4 Å². The topological polar surface area (TPSA) is 75.4 Å². The van der Waals surface area contributed by atoms with Crippen molar-refractivity contribution in [3.63, 3.8) is 0 Å². The highest BCUT2D eigenvalue weighted by Gasteiger charge is 2.32. The normalized spacial score (nSPS) is 15.9. The van der Waals surface area contributed by atoms with E-state index in [0.717, 1.165) is 24.0 Å². The molecule has 2 heterocycles. The van der Waals surface area contributed by atoms with Crippen LogP contribution in [-0.4, -0.2) is 32.2 Å². The molecule has 6 heteroatoms. The summed E-state index contributed by atoms with van der Waals surface area (Å²) >= 11 is 0. The van der Waals surface area contributed by atoms with Gasteiger partial charge in [0.25, 0.3) is 11.5 Å². The first-order valence-corrected chi connectivity index (χ1v) is 10.8. The molecule has 3 aromatic carbocycles. The van der Waals surface area contributed by atoms with Gasteiger partial charge in [0.1, 0.15) is 5.75 Å². The van der Waals surface area contributed by atoms with Crippen LogP contribution in [-0.2, 0) is 6.54 Å². The second-order valence-electron chi connectivity index (χ2n) is 8.09. The minimum atomic E-state index is -0.211. The van der Waals surface area contributed by atoms with E-state index in [0.29, 0.717) is 29.6 Å². The van der Waals surface area contributed by atoms with E-state index in [2.05, 4.69) is 5.10 Å². The fourth-order valence-corrected chi connectivity index (χ4v) is 4.45. The van der Waals surface area contributed by atoms with Crippen molar-refractivity contribution in [3.05, 3.63) is 106 Å². The van der Waals surface area contributed by atoms with Crippen LogP contribution in [0, 0.1) is 0 Å². The molecule has 0 radical (unpaired) electrons. The molecule has 0 saturated carbocycles. The van der Waals surface area contributed by atoms with Crippen molar-refractivity contribution in [1.82, 2.24) is 14.7 Å². The van der Waals surface area contributed by atoms with Crippen molar-refractivity contribution >= 4 is 16.7 Å². The number of carbonyl (C=O) groups excluding carboxylic acids is 1. The molecule has 1 saturated heterocycles. The van der Waals surface area contributed by atoms with E-state index >= 15 is 0 Å². The molecule has 160 valence electrons. The Balaban J connectivity index is 1.58. The minimum Gasteiger partial charge on any atom is -0.508 e. The summed E-state index contributed by atoms with van der Waals surface area (Å²) in [6, 6.07) is 23.7. The highest BCUT2D eigenvalue weighted by atomic mass is 16.3. The molecule has 1 aliphatic rings. The van der Waals surface area contributed by atoms with Crippen molar-refractivity contribution in [1.29, 1.82) is 0 Å². The minimum absolute atomic E-state index is 0.0850. The van der Waals surface area contributed by atoms with E-state index in [1.807, 2.05) is 53.4 Å². The molecule has 1 amide bonds. The van der Waals surface area contributed by atoms with Crippen molar-refractivity contribution in [3.8, 4) is 5.75 Å². The number of fused-ring (bicyclic) bond motifs is 1. The quantitative estimate of drug-likeness (QED) is 0.534. The van der Waals surface area contributed by atoms with Gasteiger partial charge in [0.15, 0.2) is 5.69 Å². The largest absolute Gasteiger partial charge is 0.508 e. The molecule has 32 heavy (non-hydrogen) atoms. The summed E-state index contributed by atoms with van der Waals surface area (Å²) in [5.74, 6) is 0.0175. The zero-order valence-corrected chi connectivity index (χ0v) is 17.5. The Morgan fingerprint density at radius 3 is 2.38 bits per heavy atom. The van der Waals surface area contributed by atoms with Gasteiger partial charge < -0.3 is 10.0 Å². The van der Waals surface area contributed by atoms with Gasteiger partial charge in [0.05, 0.1) is 18.0 Å². The monoisotopic (exact) mass is 425 g/mol. The Morgan fingerprint density at radius 2 is 1.62 bits per heavy atom. The first kappa shape index (κ1) is 20.0. The lowest BCUT2D eigenvalue weighted by Crippen LogP contribution is -2.34. The highest BCUT2D eigenvalue weighted by Crippen LogP contribution is 2.34. The van der Waals surface area contributed by atoms with Gasteiger partial charge in [-0.15, -0.1) is 0 Å². The van der Waals surface area contributed by atoms with Crippen LogP contribution in [0.4, 0.5) is 0 Å². The molecular weight excluding hydrogens is 402 g/mol. The molecule has 1 aliphatic heterocycles. The highest BCUT2D eigenvalue weighted by molar-refractivity contribution is 6.05. The van der Waals surface area contributed by atoms with Crippen molar-refractivity contribution in [2.75, 3.05) is 6.54 Å². The van der Waals surface area contributed by atoms with Crippen LogP contribution >= 0.6 is 0 Å². The van der Waals surface area contributed by atoms with Gasteiger partial charge in [-0.2, -0.15) is 5.10 Å². The van der Waals surface area contributed by atoms with Crippen LogP contribution in [0.1, 0.15) is 40.5 Å². The van der Waals surface area contributed by atoms with Gasteiger partial charge in [-0.25, -0.2) is 4.68 Å². The number of phenols is 1. The van der Waals surface area contributed by atoms with Gasteiger partial charge in [0, 0.05) is 11.9 Å². The molecule has 1 atom stereocenters. The van der Waals surface area contributed by atoms with E-state index in [-0.39, 0.29) is 23.3 Å². The van der Waals surface area contributed by atoms with Crippen LogP contribution < -0.4 is 5.56 Å². The summed E-state index contributed by atoms with van der Waals surface area (Å²) in [4.78, 5) is 28.7. The van der Waals surface area contributed by atoms with Gasteiger partial charge in [-0.1, -0.05) is 60.7 Å². The molecule has 0 unspecified atom stereocenters. The number of likely N-dealkylation sites (tertiary alicyclic amines) is 1. The number of rotatable bonds is 4. The van der Waals surface area contributed by atoms with Gasteiger partial charge in [-0.05, 0) is 42.2 Å². The fraction of sp³-hybridized carbons (Fsp3) is 0.192. The lowest BCUT2D eigenvalue weighted by atomic mass is 10.0. The number of hydrogen-bond donors (Lipinski definition) is 1. The van der Waals surface area contributed by atoms with E-state index < -0.39 is 0 Å². The van der Waals surface area contributed by atoms with Gasteiger partial charge >= 0.3 is 0 Å². The summed E-state index contributed by atoms with van der Waals surface area (Å²) in [5.41, 5.74) is 2.01. The van der Waals surface area contributed by atoms with Crippen molar-refractivity contribution in [2.24, 2.45) is 0 Å². The zero-order valence-electron chi connectivity index (χ0n) is 17.5. The van der Waals surface area contributed by atoms with Gasteiger partial charge in [0.2, 0.25) is 0 Å². The molecule has 4 aromatic rings. The third-order valence-corrected chi connectivity index (χ3v) is 6.04. The van der Waals surface area contributed by atoms with E-state index in [1.54, 1.807) is 30.3 Å². The zero-order chi connectivity index (χ0) is 22.1. The Kier molecular flexibility index (Phi) is 5.19. The lowest BCUT2D eigenvalue weighted by Gasteiger charge is -2.25. The average Bonchev–Trinajstić information content (AvgIpc) is 3.32. The van der Waals surface area contributed by atoms with E-state index in [9.17, 15) is 14.7 Å². The molecule has 5 rings (SSSR count). The second kappa shape index (κ2) is 8.30. The maximum absolute atomic E-state index is 13.7. The smallest absolute Gasteiger partial charge is 0.275 e. The lowest BCUT2D eigenvalue weighted by molar-refractivity contribution is 0.0729. The molecule has 6 nitrogen and oxygen atoms in total. The van der Waals surface area contributed by atoms with Crippen LogP contribution in [0.5, 0.6) is 5.75 Å². The first-order chi connectivity index (χ1) is 15.6.